The van der Waals surface area contributed by atoms with Crippen molar-refractivity contribution >= 4 is 5.97 Å². The first-order valence-electron chi connectivity index (χ1n) is 4.39. The average molecular weight is 154 g/mol. The van der Waals surface area contributed by atoms with Gasteiger partial charge in [0.15, 0.2) is 0 Å². The van der Waals surface area contributed by atoms with Crippen LogP contribution >= 0.6 is 0 Å². The van der Waals surface area contributed by atoms with E-state index in [0.717, 1.165) is 24.7 Å². The fourth-order valence-corrected chi connectivity index (χ4v) is 2.23. The van der Waals surface area contributed by atoms with Gasteiger partial charge in [-0.15, -0.1) is 0 Å². The van der Waals surface area contributed by atoms with Crippen LogP contribution in [0.1, 0.15) is 25.7 Å². The van der Waals surface area contributed by atoms with E-state index in [1.807, 2.05) is 0 Å². The van der Waals surface area contributed by atoms with Crippen LogP contribution in [-0.4, -0.2) is 13.1 Å². The van der Waals surface area contributed by atoms with Crippen molar-refractivity contribution in [2.75, 3.05) is 7.11 Å². The molecule has 2 nitrogen and oxygen atoms in total. The zero-order chi connectivity index (χ0) is 7.84. The highest BCUT2D eigenvalue weighted by Crippen LogP contribution is 2.51. The second-order valence-electron chi connectivity index (χ2n) is 3.79. The van der Waals surface area contributed by atoms with E-state index >= 15 is 0 Å². The van der Waals surface area contributed by atoms with Gasteiger partial charge in [0.05, 0.1) is 13.0 Å². The standard InChI is InChI=1S/C9H14O2/c1-11-9(10)7-3-2-6-4-8(6)5-7/h6-8H,2-5H2,1H3/t6-,7?,8-/m0/s1. The van der Waals surface area contributed by atoms with Gasteiger partial charge in [0.2, 0.25) is 0 Å². The molecule has 0 aromatic heterocycles. The molecule has 11 heavy (non-hydrogen) atoms. The van der Waals surface area contributed by atoms with Crippen molar-refractivity contribution in [1.82, 2.24) is 0 Å². The molecule has 0 heterocycles. The Hall–Kier alpha value is -0.530. The molecule has 0 amide bonds. The van der Waals surface area contributed by atoms with Gasteiger partial charge in [0, 0.05) is 0 Å². The lowest BCUT2D eigenvalue weighted by Gasteiger charge is -2.18. The van der Waals surface area contributed by atoms with E-state index in [0.29, 0.717) is 0 Å². The summed E-state index contributed by atoms with van der Waals surface area (Å²) in [5.74, 6) is 2.07. The van der Waals surface area contributed by atoms with Crippen molar-refractivity contribution in [2.24, 2.45) is 17.8 Å². The van der Waals surface area contributed by atoms with Gasteiger partial charge in [-0.3, -0.25) is 4.79 Å². The monoisotopic (exact) mass is 154 g/mol. The Morgan fingerprint density at radius 1 is 1.27 bits per heavy atom. The predicted molar refractivity (Wildman–Crippen MR) is 41.0 cm³/mol. The van der Waals surface area contributed by atoms with Crippen molar-refractivity contribution < 1.29 is 9.53 Å². The molecule has 2 saturated carbocycles. The minimum absolute atomic E-state index is 0.00958. The Labute approximate surface area is 66.9 Å². The summed E-state index contributed by atoms with van der Waals surface area (Å²) in [4.78, 5) is 11.1. The van der Waals surface area contributed by atoms with Gasteiger partial charge in [0.25, 0.3) is 0 Å². The Bertz CT molecular complexity index is 176. The molecule has 2 aliphatic carbocycles. The van der Waals surface area contributed by atoms with Crippen LogP contribution < -0.4 is 0 Å². The SMILES string of the molecule is COC(=O)C1CC[C@H]2C[C@H]2C1. The molecule has 0 aromatic rings. The topological polar surface area (TPSA) is 26.3 Å². The van der Waals surface area contributed by atoms with Gasteiger partial charge in [-0.25, -0.2) is 0 Å². The van der Waals surface area contributed by atoms with Crippen LogP contribution in [0.15, 0.2) is 0 Å². The smallest absolute Gasteiger partial charge is 0.308 e. The van der Waals surface area contributed by atoms with Crippen molar-refractivity contribution in [3.05, 3.63) is 0 Å². The molecule has 2 heteroatoms. The van der Waals surface area contributed by atoms with Gasteiger partial charge >= 0.3 is 5.97 Å². The minimum atomic E-state index is 0.00958. The van der Waals surface area contributed by atoms with E-state index in [1.54, 1.807) is 0 Å². The molecule has 3 atom stereocenters. The van der Waals surface area contributed by atoms with Crippen LogP contribution in [0.3, 0.4) is 0 Å². The van der Waals surface area contributed by atoms with Gasteiger partial charge in [-0.1, -0.05) is 0 Å². The first kappa shape index (κ1) is 7.14. The number of esters is 1. The third-order valence-electron chi connectivity index (χ3n) is 3.08. The second-order valence-corrected chi connectivity index (χ2v) is 3.79. The van der Waals surface area contributed by atoms with Crippen molar-refractivity contribution in [3.63, 3.8) is 0 Å². The number of methoxy groups -OCH3 is 1. The highest BCUT2D eigenvalue weighted by Gasteiger charge is 2.44. The molecule has 0 N–H and O–H groups in total. The molecule has 2 rings (SSSR count). The molecular weight excluding hydrogens is 140 g/mol. The van der Waals surface area contributed by atoms with Gasteiger partial charge < -0.3 is 4.74 Å². The molecular formula is C9H14O2. The Morgan fingerprint density at radius 2 is 2.09 bits per heavy atom. The summed E-state index contributed by atoms with van der Waals surface area (Å²) in [6.07, 6.45) is 4.78. The molecule has 0 spiro atoms. The summed E-state index contributed by atoms with van der Waals surface area (Å²) in [7, 11) is 1.49. The van der Waals surface area contributed by atoms with Gasteiger partial charge in [-0.05, 0) is 37.5 Å². The third kappa shape index (κ3) is 1.26. The normalized spacial score (nSPS) is 41.0. The molecule has 0 radical (unpaired) electrons. The molecule has 0 aromatic carbocycles. The molecule has 0 aliphatic heterocycles. The number of carbonyl (C=O) groups is 1. The fourth-order valence-electron chi connectivity index (χ4n) is 2.23. The lowest BCUT2D eigenvalue weighted by Crippen LogP contribution is -2.19. The number of hydrogen-bond donors (Lipinski definition) is 0. The number of fused-ring (bicyclic) bond motifs is 1. The maximum atomic E-state index is 11.1. The Morgan fingerprint density at radius 3 is 2.73 bits per heavy atom. The van der Waals surface area contributed by atoms with Crippen molar-refractivity contribution in [3.8, 4) is 0 Å². The summed E-state index contributed by atoms with van der Waals surface area (Å²) in [5, 5.41) is 0. The number of carbonyl (C=O) groups excluding carboxylic acids is 1. The van der Waals surface area contributed by atoms with Crippen LogP contribution in [0.4, 0.5) is 0 Å². The molecule has 62 valence electrons. The van der Waals surface area contributed by atoms with Gasteiger partial charge in [-0.2, -0.15) is 0 Å². The van der Waals surface area contributed by atoms with Crippen LogP contribution in [0.25, 0.3) is 0 Å². The average Bonchev–Trinajstić information content (AvgIpc) is 2.80. The third-order valence-corrected chi connectivity index (χ3v) is 3.08. The van der Waals surface area contributed by atoms with Crippen LogP contribution in [0.2, 0.25) is 0 Å². The van der Waals surface area contributed by atoms with Crippen molar-refractivity contribution in [2.45, 2.75) is 25.7 Å². The summed E-state index contributed by atoms with van der Waals surface area (Å²) in [6, 6.07) is 0. The number of hydrogen-bond acceptors (Lipinski definition) is 2. The first-order valence-corrected chi connectivity index (χ1v) is 4.39. The highest BCUT2D eigenvalue weighted by atomic mass is 16.5. The molecule has 0 saturated heterocycles. The zero-order valence-corrected chi connectivity index (χ0v) is 6.88. The molecule has 2 fully saturated rings. The van der Waals surface area contributed by atoms with E-state index in [4.69, 9.17) is 4.74 Å². The van der Waals surface area contributed by atoms with Crippen LogP contribution in [0.5, 0.6) is 0 Å². The van der Waals surface area contributed by atoms with Crippen LogP contribution in [-0.2, 0) is 9.53 Å². The summed E-state index contributed by atoms with van der Waals surface area (Å²) >= 11 is 0. The predicted octanol–water partition coefficient (Wildman–Crippen LogP) is 1.60. The molecule has 2 aliphatic rings. The second kappa shape index (κ2) is 2.50. The van der Waals surface area contributed by atoms with E-state index in [2.05, 4.69) is 0 Å². The summed E-state index contributed by atoms with van der Waals surface area (Å²) in [5.41, 5.74) is 0. The molecule has 1 unspecified atom stereocenters. The largest absolute Gasteiger partial charge is 0.469 e. The van der Waals surface area contributed by atoms with E-state index in [-0.39, 0.29) is 11.9 Å². The fraction of sp³-hybridized carbons (Fsp3) is 0.889. The first-order chi connectivity index (χ1) is 5.31. The Balaban J connectivity index is 1.89. The Kier molecular flexibility index (Phi) is 1.63. The maximum Gasteiger partial charge on any atom is 0.308 e. The van der Waals surface area contributed by atoms with E-state index < -0.39 is 0 Å². The quantitative estimate of drug-likeness (QED) is 0.536. The summed E-state index contributed by atoms with van der Waals surface area (Å²) in [6.45, 7) is 0. The molecule has 0 bridgehead atoms. The van der Waals surface area contributed by atoms with Crippen LogP contribution in [0, 0.1) is 17.8 Å². The summed E-state index contributed by atoms with van der Waals surface area (Å²) < 4.78 is 4.72. The van der Waals surface area contributed by atoms with Gasteiger partial charge in [0.1, 0.15) is 0 Å². The van der Waals surface area contributed by atoms with E-state index in [9.17, 15) is 4.79 Å². The number of ether oxygens (including phenoxy) is 1. The lowest BCUT2D eigenvalue weighted by molar-refractivity contribution is -0.146. The lowest BCUT2D eigenvalue weighted by atomic mass is 9.89. The maximum absolute atomic E-state index is 11.1. The minimum Gasteiger partial charge on any atom is -0.469 e. The van der Waals surface area contributed by atoms with Crippen molar-refractivity contribution in [1.29, 1.82) is 0 Å². The van der Waals surface area contributed by atoms with E-state index in [1.165, 1.54) is 20.0 Å². The highest BCUT2D eigenvalue weighted by molar-refractivity contribution is 5.72. The zero-order valence-electron chi connectivity index (χ0n) is 6.88. The number of rotatable bonds is 1.